The molecule has 2 aromatic rings. The molecule has 9 heteroatoms. The van der Waals surface area contributed by atoms with Gasteiger partial charge in [0.05, 0.1) is 15.9 Å². The van der Waals surface area contributed by atoms with Gasteiger partial charge in [-0.2, -0.15) is 0 Å². The van der Waals surface area contributed by atoms with Crippen LogP contribution in [0.4, 0.5) is 5.69 Å². The number of piperidine rings is 1. The molecule has 5 aliphatic rings. The van der Waals surface area contributed by atoms with E-state index in [4.69, 9.17) is 4.74 Å². The number of hydrogen-bond donors (Lipinski definition) is 2. The van der Waals surface area contributed by atoms with Gasteiger partial charge in [0, 0.05) is 36.4 Å². The number of nitrogens with one attached hydrogen (secondary N) is 1. The maximum Gasteiger partial charge on any atom is 0.269 e. The van der Waals surface area contributed by atoms with Crippen molar-refractivity contribution in [3.63, 3.8) is 0 Å². The zero-order valence-corrected chi connectivity index (χ0v) is 21.6. The third-order valence-electron chi connectivity index (χ3n) is 9.65. The molecule has 9 nitrogen and oxygen atoms in total. The number of likely N-dealkylation sites (tertiary alicyclic amines) is 1. The van der Waals surface area contributed by atoms with E-state index in [1.807, 2.05) is 12.1 Å². The molecule has 2 heterocycles. The van der Waals surface area contributed by atoms with Gasteiger partial charge in [-0.1, -0.05) is 12.1 Å². The number of ketones is 1. The summed E-state index contributed by atoms with van der Waals surface area (Å²) in [5, 5.41) is 25.1. The maximum absolute atomic E-state index is 13.6. The van der Waals surface area contributed by atoms with E-state index >= 15 is 0 Å². The van der Waals surface area contributed by atoms with Crippen LogP contribution < -0.4 is 10.1 Å². The fourth-order valence-electron chi connectivity index (χ4n) is 7.68. The average Bonchev–Trinajstić information content (AvgIpc) is 3.68. The van der Waals surface area contributed by atoms with Gasteiger partial charge in [0.15, 0.2) is 22.9 Å². The lowest BCUT2D eigenvalue weighted by molar-refractivity contribution is -0.384. The molecule has 2 aromatic carbocycles. The molecule has 1 saturated carbocycles. The van der Waals surface area contributed by atoms with Gasteiger partial charge in [-0.15, -0.1) is 0 Å². The number of nitrogens with zero attached hydrogens (tertiary/aromatic N) is 2. The largest absolute Gasteiger partial charge is 0.504 e. The molecule has 0 unspecified atom stereocenters. The number of carbonyl (C=O) groups excluding carboxylic acids is 2. The molecule has 39 heavy (non-hydrogen) atoms. The van der Waals surface area contributed by atoms with Crippen LogP contribution in [0.2, 0.25) is 0 Å². The number of nitro benzene ring substituents is 1. The van der Waals surface area contributed by atoms with Crippen molar-refractivity contribution in [2.45, 2.75) is 55.2 Å². The molecule has 2 N–H and O–H groups in total. The first-order valence-electron chi connectivity index (χ1n) is 13.5. The van der Waals surface area contributed by atoms with Crippen molar-refractivity contribution in [3.8, 4) is 11.5 Å². The second-order valence-electron chi connectivity index (χ2n) is 11.6. The zero-order valence-electron chi connectivity index (χ0n) is 21.6. The Morgan fingerprint density at radius 3 is 2.74 bits per heavy atom. The SMILES string of the molecule is C[C@@]12Oc3c(O)ccc4c3[C@@]13CCN(CC1CC1)[C@H](C4)[C@]3(NC(=O)/C=C/c1ccc([N+](=O)[O-])cc1)C=CC2=O. The summed E-state index contributed by atoms with van der Waals surface area (Å²) in [4.78, 5) is 40.2. The predicted octanol–water partition coefficient (Wildman–Crippen LogP) is 3.44. The molecule has 200 valence electrons. The monoisotopic (exact) mass is 527 g/mol. The van der Waals surface area contributed by atoms with E-state index in [-0.39, 0.29) is 29.2 Å². The van der Waals surface area contributed by atoms with Crippen molar-refractivity contribution in [2.75, 3.05) is 13.1 Å². The van der Waals surface area contributed by atoms with E-state index in [2.05, 4.69) is 10.2 Å². The first kappa shape index (κ1) is 24.1. The molecule has 1 saturated heterocycles. The Bertz CT molecular complexity index is 1490. The summed E-state index contributed by atoms with van der Waals surface area (Å²) in [5.74, 6) is 0.493. The van der Waals surface area contributed by atoms with Gasteiger partial charge in [-0.25, -0.2) is 0 Å². The minimum atomic E-state index is -1.28. The number of ether oxygens (including phenoxy) is 1. The Labute approximate surface area is 225 Å². The van der Waals surface area contributed by atoms with Crippen molar-refractivity contribution in [3.05, 3.63) is 81.4 Å². The highest BCUT2D eigenvalue weighted by molar-refractivity contribution is 6.03. The Balaban J connectivity index is 1.33. The second-order valence-corrected chi connectivity index (χ2v) is 11.6. The van der Waals surface area contributed by atoms with Crippen LogP contribution in [-0.4, -0.2) is 56.9 Å². The van der Waals surface area contributed by atoms with Crippen molar-refractivity contribution >= 4 is 23.5 Å². The molecular weight excluding hydrogens is 498 g/mol. The number of phenolic OH excluding ortho intramolecular Hbond substituents is 1. The van der Waals surface area contributed by atoms with Gasteiger partial charge < -0.3 is 15.2 Å². The Hall–Kier alpha value is -3.98. The minimum Gasteiger partial charge on any atom is -0.504 e. The molecule has 1 spiro atoms. The summed E-state index contributed by atoms with van der Waals surface area (Å²) >= 11 is 0. The number of rotatable bonds is 6. The van der Waals surface area contributed by atoms with E-state index in [0.717, 1.165) is 24.2 Å². The zero-order chi connectivity index (χ0) is 27.2. The van der Waals surface area contributed by atoms with E-state index in [9.17, 15) is 24.8 Å². The second kappa shape index (κ2) is 8.02. The quantitative estimate of drug-likeness (QED) is 0.335. The lowest BCUT2D eigenvalue weighted by atomic mass is 9.45. The molecule has 3 aliphatic carbocycles. The molecule has 0 aromatic heterocycles. The maximum atomic E-state index is 13.6. The van der Waals surface area contributed by atoms with Gasteiger partial charge in [0.25, 0.3) is 5.69 Å². The Kier molecular flexibility index (Phi) is 4.95. The van der Waals surface area contributed by atoms with Crippen LogP contribution >= 0.6 is 0 Å². The van der Waals surface area contributed by atoms with Crippen molar-refractivity contribution in [1.29, 1.82) is 0 Å². The number of amides is 1. The van der Waals surface area contributed by atoms with Crippen LogP contribution in [0, 0.1) is 16.0 Å². The molecule has 7 rings (SSSR count). The van der Waals surface area contributed by atoms with E-state index in [1.54, 1.807) is 37.3 Å². The van der Waals surface area contributed by atoms with Crippen LogP contribution in [0.5, 0.6) is 11.5 Å². The molecule has 2 aliphatic heterocycles. The third kappa shape index (κ3) is 3.16. The van der Waals surface area contributed by atoms with Gasteiger partial charge in [0.2, 0.25) is 5.91 Å². The third-order valence-corrected chi connectivity index (χ3v) is 9.65. The fourth-order valence-corrected chi connectivity index (χ4v) is 7.68. The van der Waals surface area contributed by atoms with Crippen LogP contribution in [0.1, 0.15) is 42.9 Å². The van der Waals surface area contributed by atoms with Gasteiger partial charge in [0.1, 0.15) is 0 Å². The molecule has 0 radical (unpaired) electrons. The molecular formula is C30H29N3O6. The average molecular weight is 528 g/mol. The standard InChI is InChI=1S/C30H29N3O6/c1-28-24(35)12-13-30(31-25(36)11-6-18-4-8-21(9-5-18)33(37)38)23-16-20-7-10-22(34)27(39-28)26(20)29(28,30)14-15-32(23)17-19-2-3-19/h4-13,19,23,34H,2-3,14-17H2,1H3,(H,31,36)/b11-6+/t23-,28+,29+,30-/m1/s1. The number of carbonyl (C=O) groups is 2. The highest BCUT2D eigenvalue weighted by atomic mass is 16.6. The first-order chi connectivity index (χ1) is 18.7. The van der Waals surface area contributed by atoms with Crippen LogP contribution in [0.25, 0.3) is 6.08 Å². The fraction of sp³-hybridized carbons (Fsp3) is 0.400. The molecule has 2 bridgehead atoms. The summed E-state index contributed by atoms with van der Waals surface area (Å²) in [6.07, 6.45) is 10.1. The number of phenols is 1. The Morgan fingerprint density at radius 2 is 2.03 bits per heavy atom. The van der Waals surface area contributed by atoms with E-state index in [1.165, 1.54) is 31.1 Å². The topological polar surface area (TPSA) is 122 Å². The molecule has 2 fully saturated rings. The summed E-state index contributed by atoms with van der Waals surface area (Å²) in [6, 6.07) is 9.47. The van der Waals surface area contributed by atoms with Gasteiger partial charge in [-0.05, 0) is 86.5 Å². The minimum absolute atomic E-state index is 0.00343. The van der Waals surface area contributed by atoms with Crippen molar-refractivity contribution in [2.24, 2.45) is 5.92 Å². The van der Waals surface area contributed by atoms with E-state index < -0.39 is 21.5 Å². The number of benzene rings is 2. The summed E-state index contributed by atoms with van der Waals surface area (Å²) < 4.78 is 6.41. The van der Waals surface area contributed by atoms with Crippen LogP contribution in [-0.2, 0) is 21.4 Å². The number of nitro groups is 1. The first-order valence-corrected chi connectivity index (χ1v) is 13.5. The van der Waals surface area contributed by atoms with Crippen molar-refractivity contribution < 1.29 is 24.4 Å². The summed E-state index contributed by atoms with van der Waals surface area (Å²) in [5.41, 5.74) is -0.573. The number of hydrogen-bond acceptors (Lipinski definition) is 7. The lowest BCUT2D eigenvalue weighted by Crippen LogP contribution is -2.83. The van der Waals surface area contributed by atoms with Crippen molar-refractivity contribution in [1.82, 2.24) is 10.2 Å². The van der Waals surface area contributed by atoms with Crippen LogP contribution in [0.3, 0.4) is 0 Å². The number of non-ortho nitro benzene ring substituents is 1. The predicted molar refractivity (Wildman–Crippen MR) is 142 cm³/mol. The van der Waals surface area contributed by atoms with E-state index in [0.29, 0.717) is 30.1 Å². The van der Waals surface area contributed by atoms with Gasteiger partial charge >= 0.3 is 0 Å². The summed E-state index contributed by atoms with van der Waals surface area (Å²) in [7, 11) is 0. The summed E-state index contributed by atoms with van der Waals surface area (Å²) in [6.45, 7) is 3.51. The molecule has 4 atom stereocenters. The van der Waals surface area contributed by atoms with Crippen LogP contribution in [0.15, 0.2) is 54.6 Å². The normalized spacial score (nSPS) is 32.1. The Morgan fingerprint density at radius 1 is 1.26 bits per heavy atom. The molecule has 1 amide bonds. The highest BCUT2D eigenvalue weighted by Gasteiger charge is 2.77. The smallest absolute Gasteiger partial charge is 0.269 e. The number of aromatic hydroxyl groups is 1. The van der Waals surface area contributed by atoms with Gasteiger partial charge in [-0.3, -0.25) is 24.6 Å². The lowest BCUT2D eigenvalue weighted by Gasteiger charge is -2.65. The highest BCUT2D eigenvalue weighted by Crippen LogP contribution is 2.67.